The van der Waals surface area contributed by atoms with Gasteiger partial charge >= 0.3 is 0 Å². The number of hydrogen-bond donors (Lipinski definition) is 1. The number of rotatable bonds is 8. The van der Waals surface area contributed by atoms with Crippen LogP contribution in [-0.2, 0) is 11.4 Å². The largest absolute Gasteiger partial charge is 0.485 e. The zero-order valence-electron chi connectivity index (χ0n) is 16.6. The molecule has 150 valence electrons. The third-order valence-electron chi connectivity index (χ3n) is 6.12. The number of para-hydroxylation sites is 1. The van der Waals surface area contributed by atoms with Gasteiger partial charge in [-0.05, 0) is 55.6 Å². The van der Waals surface area contributed by atoms with Crippen molar-refractivity contribution in [2.24, 2.45) is 23.7 Å². The first kappa shape index (κ1) is 19.0. The molecule has 0 radical (unpaired) electrons. The van der Waals surface area contributed by atoms with E-state index < -0.39 is 0 Å². The molecule has 1 amide bonds. The van der Waals surface area contributed by atoms with Crippen LogP contribution < -0.4 is 10.1 Å². The van der Waals surface area contributed by atoms with Crippen LogP contribution in [0.15, 0.2) is 34.9 Å². The highest BCUT2D eigenvalue weighted by molar-refractivity contribution is 5.80. The predicted molar refractivity (Wildman–Crippen MR) is 105 cm³/mol. The Morgan fingerprint density at radius 3 is 2.82 bits per heavy atom. The number of fused-ring (bicyclic) bond motifs is 2. The number of ether oxygens (including phenoxy) is 1. The monoisotopic (exact) mass is 383 g/mol. The first-order chi connectivity index (χ1) is 13.6. The van der Waals surface area contributed by atoms with Crippen LogP contribution in [0, 0.1) is 23.7 Å². The topological polar surface area (TPSA) is 77.2 Å². The van der Waals surface area contributed by atoms with E-state index in [9.17, 15) is 4.79 Å². The standard InChI is InChI=1S/C22H29N3O3/c1-14(2)10-11-23-21(26)19-15-8-9-16(12-15)20(19)22-24-18(25-28-22)13-27-17-6-4-3-5-7-17/h3-7,14-16,19-20H,8-13H2,1-2H3,(H,23,26)/t15-,16+,19-,20-/m0/s1. The van der Waals surface area contributed by atoms with Gasteiger partial charge in [0.1, 0.15) is 5.75 Å². The number of amides is 1. The summed E-state index contributed by atoms with van der Waals surface area (Å²) in [6.45, 7) is 5.34. The minimum Gasteiger partial charge on any atom is -0.485 e. The van der Waals surface area contributed by atoms with Crippen LogP contribution in [0.4, 0.5) is 0 Å². The average Bonchev–Trinajstić information content (AvgIpc) is 3.42. The second kappa shape index (κ2) is 8.33. The zero-order valence-corrected chi connectivity index (χ0v) is 16.6. The van der Waals surface area contributed by atoms with E-state index in [0.29, 0.717) is 29.5 Å². The summed E-state index contributed by atoms with van der Waals surface area (Å²) in [4.78, 5) is 17.5. The van der Waals surface area contributed by atoms with Gasteiger partial charge in [0.25, 0.3) is 0 Å². The van der Waals surface area contributed by atoms with Crippen LogP contribution in [-0.4, -0.2) is 22.6 Å². The molecule has 2 aliphatic carbocycles. The van der Waals surface area contributed by atoms with Gasteiger partial charge in [0.05, 0.1) is 11.8 Å². The number of aromatic nitrogens is 2. The van der Waals surface area contributed by atoms with Crippen molar-refractivity contribution in [3.8, 4) is 5.75 Å². The van der Waals surface area contributed by atoms with Gasteiger partial charge in [0.15, 0.2) is 6.61 Å². The summed E-state index contributed by atoms with van der Waals surface area (Å²) >= 11 is 0. The van der Waals surface area contributed by atoms with Crippen LogP contribution in [0.2, 0.25) is 0 Å². The van der Waals surface area contributed by atoms with Crippen molar-refractivity contribution < 1.29 is 14.1 Å². The molecular formula is C22H29N3O3. The Kier molecular flexibility index (Phi) is 5.64. The molecule has 1 aromatic heterocycles. The molecule has 2 aromatic rings. The molecule has 2 saturated carbocycles. The molecule has 0 spiro atoms. The molecule has 28 heavy (non-hydrogen) atoms. The van der Waals surface area contributed by atoms with Crippen molar-refractivity contribution in [1.29, 1.82) is 0 Å². The fraction of sp³-hybridized carbons (Fsp3) is 0.591. The van der Waals surface area contributed by atoms with E-state index in [1.54, 1.807) is 0 Å². The Bertz CT molecular complexity index is 789. The minimum atomic E-state index is -0.0470. The Morgan fingerprint density at radius 2 is 2.04 bits per heavy atom. The average molecular weight is 383 g/mol. The van der Waals surface area contributed by atoms with Gasteiger partial charge in [-0.3, -0.25) is 4.79 Å². The van der Waals surface area contributed by atoms with Crippen molar-refractivity contribution in [3.63, 3.8) is 0 Å². The molecule has 0 unspecified atom stereocenters. The number of nitrogens with one attached hydrogen (secondary N) is 1. The molecule has 4 atom stereocenters. The summed E-state index contributed by atoms with van der Waals surface area (Å²) in [5, 5.41) is 7.24. The van der Waals surface area contributed by atoms with Crippen molar-refractivity contribution in [1.82, 2.24) is 15.5 Å². The van der Waals surface area contributed by atoms with E-state index in [2.05, 4.69) is 29.3 Å². The van der Waals surface area contributed by atoms with E-state index in [0.717, 1.165) is 38.0 Å². The van der Waals surface area contributed by atoms with Gasteiger partial charge in [0, 0.05) is 6.54 Å². The SMILES string of the molecule is CC(C)CCNC(=O)[C@H]1[C@H]2CC[C@H](C2)[C@@H]1c1nc(COc2ccccc2)no1. The summed E-state index contributed by atoms with van der Waals surface area (Å²) < 4.78 is 11.3. The molecule has 1 N–H and O–H groups in total. The molecular weight excluding hydrogens is 354 g/mol. The lowest BCUT2D eigenvalue weighted by molar-refractivity contribution is -0.127. The van der Waals surface area contributed by atoms with Crippen molar-refractivity contribution in [3.05, 3.63) is 42.0 Å². The molecule has 6 nitrogen and oxygen atoms in total. The van der Waals surface area contributed by atoms with Crippen LogP contribution in [0.1, 0.15) is 57.2 Å². The van der Waals surface area contributed by atoms with Gasteiger partial charge in [-0.15, -0.1) is 0 Å². The summed E-state index contributed by atoms with van der Waals surface area (Å²) in [6.07, 6.45) is 4.36. The maximum absolute atomic E-state index is 12.9. The van der Waals surface area contributed by atoms with Crippen molar-refractivity contribution in [2.45, 2.75) is 52.1 Å². The fourth-order valence-corrected chi connectivity index (χ4v) is 4.75. The second-order valence-corrected chi connectivity index (χ2v) is 8.51. The van der Waals surface area contributed by atoms with E-state index >= 15 is 0 Å². The van der Waals surface area contributed by atoms with Crippen LogP contribution >= 0.6 is 0 Å². The summed E-state index contributed by atoms with van der Waals surface area (Å²) in [5.74, 6) is 3.53. The van der Waals surface area contributed by atoms with Gasteiger partial charge in [-0.25, -0.2) is 0 Å². The van der Waals surface area contributed by atoms with Crippen molar-refractivity contribution >= 4 is 5.91 Å². The Labute approximate surface area is 166 Å². The summed E-state index contributed by atoms with van der Waals surface area (Å²) in [7, 11) is 0. The van der Waals surface area contributed by atoms with E-state index in [1.807, 2.05) is 30.3 Å². The number of carbonyl (C=O) groups is 1. The molecule has 1 heterocycles. The molecule has 2 fully saturated rings. The molecule has 1 aromatic carbocycles. The number of hydrogen-bond acceptors (Lipinski definition) is 5. The molecule has 0 saturated heterocycles. The molecule has 4 rings (SSSR count). The van der Waals surface area contributed by atoms with E-state index in [4.69, 9.17) is 9.26 Å². The second-order valence-electron chi connectivity index (χ2n) is 8.51. The van der Waals surface area contributed by atoms with Crippen LogP contribution in [0.3, 0.4) is 0 Å². The number of carbonyl (C=O) groups excluding carboxylic acids is 1. The highest BCUT2D eigenvalue weighted by Crippen LogP contribution is 2.56. The predicted octanol–water partition coefficient (Wildman–Crippen LogP) is 3.94. The summed E-state index contributed by atoms with van der Waals surface area (Å²) in [6, 6.07) is 9.59. The molecule has 6 heteroatoms. The fourth-order valence-electron chi connectivity index (χ4n) is 4.75. The molecule has 0 aliphatic heterocycles. The maximum atomic E-state index is 12.9. The third-order valence-corrected chi connectivity index (χ3v) is 6.12. The number of nitrogens with zero attached hydrogens (tertiary/aromatic N) is 2. The summed E-state index contributed by atoms with van der Waals surface area (Å²) in [5.41, 5.74) is 0. The Hall–Kier alpha value is -2.37. The zero-order chi connectivity index (χ0) is 19.5. The maximum Gasteiger partial charge on any atom is 0.230 e. The highest BCUT2D eigenvalue weighted by Gasteiger charge is 2.53. The smallest absolute Gasteiger partial charge is 0.230 e. The van der Waals surface area contributed by atoms with Gasteiger partial charge < -0.3 is 14.6 Å². The van der Waals surface area contributed by atoms with Crippen LogP contribution in [0.25, 0.3) is 0 Å². The van der Waals surface area contributed by atoms with Gasteiger partial charge in [-0.2, -0.15) is 4.98 Å². The first-order valence-electron chi connectivity index (χ1n) is 10.4. The Balaban J connectivity index is 1.42. The lowest BCUT2D eigenvalue weighted by Gasteiger charge is -2.27. The van der Waals surface area contributed by atoms with E-state index in [1.165, 1.54) is 0 Å². The van der Waals surface area contributed by atoms with Gasteiger partial charge in [-0.1, -0.05) is 37.2 Å². The number of benzene rings is 1. The first-order valence-corrected chi connectivity index (χ1v) is 10.4. The quantitative estimate of drug-likeness (QED) is 0.747. The molecule has 2 bridgehead atoms. The minimum absolute atomic E-state index is 0.0378. The normalized spacial score (nSPS) is 26.0. The van der Waals surface area contributed by atoms with Crippen LogP contribution in [0.5, 0.6) is 5.75 Å². The highest BCUT2D eigenvalue weighted by atomic mass is 16.5. The molecule has 2 aliphatic rings. The third kappa shape index (κ3) is 4.05. The Morgan fingerprint density at radius 1 is 1.25 bits per heavy atom. The lowest BCUT2D eigenvalue weighted by Crippen LogP contribution is -2.38. The van der Waals surface area contributed by atoms with Crippen molar-refractivity contribution in [2.75, 3.05) is 6.54 Å². The lowest BCUT2D eigenvalue weighted by atomic mass is 9.78. The van der Waals surface area contributed by atoms with Gasteiger partial charge in [0.2, 0.25) is 17.6 Å². The van der Waals surface area contributed by atoms with E-state index in [-0.39, 0.29) is 24.3 Å².